The maximum absolute atomic E-state index is 10.6. The molecule has 0 fully saturated rings. The molecule has 15 heavy (non-hydrogen) atoms. The van der Waals surface area contributed by atoms with Gasteiger partial charge in [0.15, 0.2) is 15.8 Å². The maximum atomic E-state index is 10.6. The first-order chi connectivity index (χ1) is 7.20. The molecule has 78 valence electrons. The van der Waals surface area contributed by atoms with Gasteiger partial charge in [-0.25, -0.2) is 4.98 Å². The number of aryl methyl sites for hydroxylation is 1. The minimum atomic E-state index is 0.263. The molecule has 2 aromatic rings. The highest BCUT2D eigenvalue weighted by atomic mass is 35.5. The van der Waals surface area contributed by atoms with Gasteiger partial charge in [-0.15, -0.1) is 11.3 Å². The zero-order valence-corrected chi connectivity index (χ0v) is 10.1. The molecule has 0 aliphatic carbocycles. The second-order valence-corrected chi connectivity index (χ2v) is 5.37. The van der Waals surface area contributed by atoms with Gasteiger partial charge < -0.3 is 4.42 Å². The van der Waals surface area contributed by atoms with E-state index in [1.54, 1.807) is 6.26 Å². The number of hydrogen-bond acceptors (Lipinski definition) is 5. The summed E-state index contributed by atoms with van der Waals surface area (Å²) in [5, 5.41) is 0.263. The van der Waals surface area contributed by atoms with Gasteiger partial charge in [-0.3, -0.25) is 4.79 Å². The quantitative estimate of drug-likeness (QED) is 0.789. The molecule has 0 bridgehead atoms. The summed E-state index contributed by atoms with van der Waals surface area (Å²) in [4.78, 5) is 16.1. The summed E-state index contributed by atoms with van der Waals surface area (Å²) in [6, 6.07) is 1.86. The molecular formula is C9H6ClNO2S2. The molecule has 0 atom stereocenters. The zero-order chi connectivity index (χ0) is 10.8. The van der Waals surface area contributed by atoms with Gasteiger partial charge in [-0.2, -0.15) is 0 Å². The van der Waals surface area contributed by atoms with E-state index in [-0.39, 0.29) is 5.15 Å². The van der Waals surface area contributed by atoms with Crippen LogP contribution in [0.4, 0.5) is 0 Å². The van der Waals surface area contributed by atoms with Crippen molar-refractivity contribution in [2.75, 3.05) is 0 Å². The first-order valence-electron chi connectivity index (χ1n) is 4.04. The topological polar surface area (TPSA) is 43.1 Å². The molecule has 0 radical (unpaired) electrons. The number of halogens is 1. The van der Waals surface area contributed by atoms with Gasteiger partial charge in [-0.05, 0) is 13.0 Å². The molecule has 0 unspecified atom stereocenters. The minimum Gasteiger partial charge on any atom is -0.468 e. The Morgan fingerprint density at radius 3 is 3.00 bits per heavy atom. The highest BCUT2D eigenvalue weighted by molar-refractivity contribution is 8.01. The Labute approximate surface area is 99.5 Å². The van der Waals surface area contributed by atoms with Crippen molar-refractivity contribution in [2.24, 2.45) is 0 Å². The molecule has 2 heterocycles. The number of furan rings is 1. The molecule has 0 N–H and O–H groups in total. The van der Waals surface area contributed by atoms with Crippen molar-refractivity contribution in [3.05, 3.63) is 28.1 Å². The molecule has 0 saturated heterocycles. The van der Waals surface area contributed by atoms with Crippen molar-refractivity contribution in [2.45, 2.75) is 16.2 Å². The van der Waals surface area contributed by atoms with Gasteiger partial charge in [0.05, 0.1) is 11.2 Å². The minimum absolute atomic E-state index is 0.263. The third-order valence-corrected chi connectivity index (χ3v) is 4.29. The first kappa shape index (κ1) is 10.7. The van der Waals surface area contributed by atoms with Gasteiger partial charge in [0.25, 0.3) is 0 Å². The molecule has 0 amide bonds. The zero-order valence-electron chi connectivity index (χ0n) is 7.69. The lowest BCUT2D eigenvalue weighted by atomic mass is 10.5. The van der Waals surface area contributed by atoms with E-state index in [0.29, 0.717) is 11.2 Å². The van der Waals surface area contributed by atoms with Crippen LogP contribution in [0.2, 0.25) is 5.15 Å². The van der Waals surface area contributed by atoms with E-state index in [0.717, 1.165) is 15.0 Å². The van der Waals surface area contributed by atoms with E-state index < -0.39 is 0 Å². The van der Waals surface area contributed by atoms with Crippen LogP contribution in [0.3, 0.4) is 0 Å². The Bertz CT molecular complexity index is 492. The highest BCUT2D eigenvalue weighted by Gasteiger charge is 2.11. The van der Waals surface area contributed by atoms with Crippen molar-refractivity contribution in [1.29, 1.82) is 0 Å². The molecule has 0 aliphatic rings. The third-order valence-electron chi connectivity index (χ3n) is 1.71. The van der Waals surface area contributed by atoms with Gasteiger partial charge in [-0.1, -0.05) is 23.4 Å². The van der Waals surface area contributed by atoms with Crippen LogP contribution in [0.25, 0.3) is 0 Å². The van der Waals surface area contributed by atoms with Gasteiger partial charge >= 0.3 is 0 Å². The predicted molar refractivity (Wildman–Crippen MR) is 60.1 cm³/mol. The number of carbonyl (C=O) groups is 1. The van der Waals surface area contributed by atoms with E-state index in [1.165, 1.54) is 23.1 Å². The van der Waals surface area contributed by atoms with E-state index in [1.807, 2.05) is 13.0 Å². The standard InChI is InChI=1S/C9H6ClNO2S2/c1-5-6(2-3-13-5)14-9-11-8(10)7(4-12)15-9/h2-4H,1H3. The van der Waals surface area contributed by atoms with Crippen molar-refractivity contribution in [3.63, 3.8) is 0 Å². The fourth-order valence-corrected chi connectivity index (χ4v) is 3.18. The maximum Gasteiger partial charge on any atom is 0.163 e. The summed E-state index contributed by atoms with van der Waals surface area (Å²) in [5.74, 6) is 0.832. The molecular weight excluding hydrogens is 254 g/mol. The molecule has 0 saturated carbocycles. The number of aldehydes is 1. The Morgan fingerprint density at radius 1 is 1.67 bits per heavy atom. The number of rotatable bonds is 3. The van der Waals surface area contributed by atoms with Gasteiger partial charge in [0.2, 0.25) is 0 Å². The summed E-state index contributed by atoms with van der Waals surface area (Å²) < 4.78 is 5.90. The fraction of sp³-hybridized carbons (Fsp3) is 0.111. The number of carbonyl (C=O) groups excluding carboxylic acids is 1. The summed E-state index contributed by atoms with van der Waals surface area (Å²) in [7, 11) is 0. The van der Waals surface area contributed by atoms with Crippen LogP contribution in [0.5, 0.6) is 0 Å². The van der Waals surface area contributed by atoms with Crippen LogP contribution in [0.1, 0.15) is 15.4 Å². The average Bonchev–Trinajstić information content (AvgIpc) is 2.75. The van der Waals surface area contributed by atoms with E-state index in [4.69, 9.17) is 16.0 Å². The smallest absolute Gasteiger partial charge is 0.163 e. The summed E-state index contributed by atoms with van der Waals surface area (Å²) >= 11 is 8.47. The van der Waals surface area contributed by atoms with Crippen LogP contribution in [-0.2, 0) is 0 Å². The Morgan fingerprint density at radius 2 is 2.47 bits per heavy atom. The molecule has 2 aromatic heterocycles. The number of aromatic nitrogens is 1. The molecule has 2 rings (SSSR count). The SMILES string of the molecule is Cc1occc1Sc1nc(Cl)c(C=O)s1. The van der Waals surface area contributed by atoms with Crippen LogP contribution in [0.15, 0.2) is 26.0 Å². The highest BCUT2D eigenvalue weighted by Crippen LogP contribution is 2.35. The van der Waals surface area contributed by atoms with Crippen LogP contribution in [-0.4, -0.2) is 11.3 Å². The summed E-state index contributed by atoms with van der Waals surface area (Å²) in [6.07, 6.45) is 2.33. The lowest BCUT2D eigenvalue weighted by molar-refractivity contribution is 0.112. The average molecular weight is 260 g/mol. The second kappa shape index (κ2) is 4.38. The van der Waals surface area contributed by atoms with E-state index >= 15 is 0 Å². The monoisotopic (exact) mass is 259 g/mol. The van der Waals surface area contributed by atoms with Crippen molar-refractivity contribution in [1.82, 2.24) is 4.98 Å². The van der Waals surface area contributed by atoms with Crippen LogP contribution in [0, 0.1) is 6.92 Å². The summed E-state index contributed by atoms with van der Waals surface area (Å²) in [6.45, 7) is 1.87. The number of thiazole rings is 1. The lowest BCUT2D eigenvalue weighted by Crippen LogP contribution is -1.72. The normalized spacial score (nSPS) is 10.5. The van der Waals surface area contributed by atoms with Gasteiger partial charge in [0, 0.05) is 0 Å². The Balaban J connectivity index is 2.25. The van der Waals surface area contributed by atoms with Crippen molar-refractivity contribution < 1.29 is 9.21 Å². The van der Waals surface area contributed by atoms with Crippen molar-refractivity contribution in [3.8, 4) is 0 Å². The summed E-state index contributed by atoms with van der Waals surface area (Å²) in [5.41, 5.74) is 0. The second-order valence-electron chi connectivity index (χ2n) is 2.70. The molecule has 3 nitrogen and oxygen atoms in total. The van der Waals surface area contributed by atoms with Crippen LogP contribution < -0.4 is 0 Å². The first-order valence-corrected chi connectivity index (χ1v) is 6.05. The molecule has 0 aliphatic heterocycles. The number of hydrogen-bond donors (Lipinski definition) is 0. The fourth-order valence-electron chi connectivity index (χ4n) is 0.984. The molecule has 0 spiro atoms. The van der Waals surface area contributed by atoms with Gasteiger partial charge in [0.1, 0.15) is 10.6 Å². The third kappa shape index (κ3) is 2.25. The van der Waals surface area contributed by atoms with Crippen LogP contribution >= 0.6 is 34.7 Å². The largest absolute Gasteiger partial charge is 0.468 e. The predicted octanol–water partition coefficient (Wildman–Crippen LogP) is 3.66. The lowest BCUT2D eigenvalue weighted by Gasteiger charge is -1.92. The Kier molecular flexibility index (Phi) is 3.14. The van der Waals surface area contributed by atoms with E-state index in [2.05, 4.69) is 4.98 Å². The molecule has 0 aromatic carbocycles. The molecule has 6 heteroatoms. The van der Waals surface area contributed by atoms with Crippen molar-refractivity contribution >= 4 is 41.0 Å². The Hall–Kier alpha value is -0.780. The number of nitrogens with zero attached hydrogens (tertiary/aromatic N) is 1. The van der Waals surface area contributed by atoms with E-state index in [9.17, 15) is 4.79 Å².